The van der Waals surface area contributed by atoms with Gasteiger partial charge in [0.2, 0.25) is 0 Å². The molecule has 1 aliphatic carbocycles. The summed E-state index contributed by atoms with van der Waals surface area (Å²) in [6, 6.07) is 3.97. The molecule has 0 aliphatic heterocycles. The van der Waals surface area contributed by atoms with E-state index in [0.29, 0.717) is 5.15 Å². The molecule has 0 amide bonds. The SMILES string of the molecule is NC1CCCc2nc(Cl)ccc21. The van der Waals surface area contributed by atoms with Gasteiger partial charge in [-0.25, -0.2) is 4.98 Å². The molecular weight excluding hydrogens is 172 g/mol. The van der Waals surface area contributed by atoms with Crippen LogP contribution in [0.4, 0.5) is 0 Å². The summed E-state index contributed by atoms with van der Waals surface area (Å²) >= 11 is 5.77. The number of rotatable bonds is 0. The molecule has 0 radical (unpaired) electrons. The Bertz CT molecular complexity index is 299. The number of fused-ring (bicyclic) bond motifs is 1. The fourth-order valence-corrected chi connectivity index (χ4v) is 1.83. The van der Waals surface area contributed by atoms with E-state index in [1.807, 2.05) is 12.1 Å². The molecule has 1 atom stereocenters. The average Bonchev–Trinajstić information content (AvgIpc) is 2.04. The van der Waals surface area contributed by atoms with E-state index in [1.165, 1.54) is 5.56 Å². The van der Waals surface area contributed by atoms with Gasteiger partial charge in [-0.3, -0.25) is 0 Å². The summed E-state index contributed by atoms with van der Waals surface area (Å²) < 4.78 is 0. The summed E-state index contributed by atoms with van der Waals surface area (Å²) in [4.78, 5) is 4.25. The molecule has 1 unspecified atom stereocenters. The molecule has 12 heavy (non-hydrogen) atoms. The molecular formula is C9H11ClN2. The van der Waals surface area contributed by atoms with Gasteiger partial charge in [-0.1, -0.05) is 17.7 Å². The van der Waals surface area contributed by atoms with E-state index in [0.717, 1.165) is 25.0 Å². The Hall–Kier alpha value is -0.600. The number of halogens is 1. The first-order valence-corrected chi connectivity index (χ1v) is 4.56. The topological polar surface area (TPSA) is 38.9 Å². The number of hydrogen-bond acceptors (Lipinski definition) is 2. The first kappa shape index (κ1) is 8.02. The molecule has 0 bridgehead atoms. The maximum Gasteiger partial charge on any atom is 0.129 e. The molecule has 1 aromatic rings. The summed E-state index contributed by atoms with van der Waals surface area (Å²) in [7, 11) is 0. The van der Waals surface area contributed by atoms with Gasteiger partial charge in [0.25, 0.3) is 0 Å². The monoisotopic (exact) mass is 182 g/mol. The second-order valence-electron chi connectivity index (χ2n) is 3.17. The first-order valence-electron chi connectivity index (χ1n) is 4.18. The maximum absolute atomic E-state index is 5.91. The molecule has 0 aromatic carbocycles. The van der Waals surface area contributed by atoms with E-state index < -0.39 is 0 Å². The third-order valence-electron chi connectivity index (χ3n) is 2.30. The Morgan fingerprint density at radius 3 is 3.17 bits per heavy atom. The number of nitrogens with two attached hydrogens (primary N) is 1. The largest absolute Gasteiger partial charge is 0.324 e. The number of nitrogens with zero attached hydrogens (tertiary/aromatic N) is 1. The fourth-order valence-electron chi connectivity index (χ4n) is 1.67. The van der Waals surface area contributed by atoms with Crippen LogP contribution >= 0.6 is 11.6 Å². The predicted molar refractivity (Wildman–Crippen MR) is 49.1 cm³/mol. The molecule has 1 heterocycles. The predicted octanol–water partition coefficient (Wildman–Crippen LogP) is 2.07. The van der Waals surface area contributed by atoms with Gasteiger partial charge >= 0.3 is 0 Å². The van der Waals surface area contributed by atoms with Gasteiger partial charge in [-0.05, 0) is 30.9 Å². The van der Waals surface area contributed by atoms with Crippen LogP contribution in [-0.4, -0.2) is 4.98 Å². The minimum Gasteiger partial charge on any atom is -0.324 e. The van der Waals surface area contributed by atoms with Gasteiger partial charge in [0, 0.05) is 11.7 Å². The minimum absolute atomic E-state index is 0.165. The molecule has 1 aliphatic rings. The van der Waals surface area contributed by atoms with Crippen molar-refractivity contribution in [2.24, 2.45) is 5.73 Å². The highest BCUT2D eigenvalue weighted by atomic mass is 35.5. The minimum atomic E-state index is 0.165. The first-order chi connectivity index (χ1) is 5.77. The van der Waals surface area contributed by atoms with E-state index in [4.69, 9.17) is 17.3 Å². The second-order valence-corrected chi connectivity index (χ2v) is 3.56. The zero-order chi connectivity index (χ0) is 8.55. The summed E-state index contributed by atoms with van der Waals surface area (Å²) in [5.74, 6) is 0. The second kappa shape index (κ2) is 3.04. The average molecular weight is 183 g/mol. The Labute approximate surface area is 76.7 Å². The Morgan fingerprint density at radius 1 is 1.50 bits per heavy atom. The van der Waals surface area contributed by atoms with Crippen molar-refractivity contribution < 1.29 is 0 Å². The van der Waals surface area contributed by atoms with Crippen LogP contribution in [0.5, 0.6) is 0 Å². The van der Waals surface area contributed by atoms with Crippen molar-refractivity contribution in [2.75, 3.05) is 0 Å². The number of pyridine rings is 1. The van der Waals surface area contributed by atoms with Crippen LogP contribution in [0.2, 0.25) is 5.15 Å². The zero-order valence-electron chi connectivity index (χ0n) is 6.76. The standard InChI is InChI=1S/C9H11ClN2/c10-9-5-4-6-7(11)2-1-3-8(6)12-9/h4-5,7H,1-3,11H2. The van der Waals surface area contributed by atoms with Gasteiger partial charge in [0.05, 0.1) is 0 Å². The highest BCUT2D eigenvalue weighted by molar-refractivity contribution is 6.29. The lowest BCUT2D eigenvalue weighted by atomic mass is 9.92. The molecule has 2 nitrogen and oxygen atoms in total. The molecule has 1 aromatic heterocycles. The number of hydrogen-bond donors (Lipinski definition) is 1. The van der Waals surface area contributed by atoms with Gasteiger partial charge in [0.1, 0.15) is 5.15 Å². The van der Waals surface area contributed by atoms with Crippen molar-refractivity contribution in [3.05, 3.63) is 28.5 Å². The lowest BCUT2D eigenvalue weighted by molar-refractivity contribution is 0.560. The van der Waals surface area contributed by atoms with Crippen LogP contribution in [-0.2, 0) is 6.42 Å². The summed E-state index contributed by atoms with van der Waals surface area (Å²) in [5, 5.41) is 0.572. The van der Waals surface area contributed by atoms with Crippen LogP contribution in [0.1, 0.15) is 30.1 Å². The quantitative estimate of drug-likeness (QED) is 0.624. The Morgan fingerprint density at radius 2 is 2.33 bits per heavy atom. The van der Waals surface area contributed by atoms with Crippen molar-refractivity contribution in [3.63, 3.8) is 0 Å². The lowest BCUT2D eigenvalue weighted by Crippen LogP contribution is -2.18. The van der Waals surface area contributed by atoms with Crippen molar-refractivity contribution >= 4 is 11.6 Å². The number of aromatic nitrogens is 1. The highest BCUT2D eigenvalue weighted by Gasteiger charge is 2.17. The fraction of sp³-hybridized carbons (Fsp3) is 0.444. The third kappa shape index (κ3) is 1.32. The van der Waals surface area contributed by atoms with Crippen LogP contribution in [0, 0.1) is 0 Å². The van der Waals surface area contributed by atoms with Crippen LogP contribution in [0.25, 0.3) is 0 Å². The lowest BCUT2D eigenvalue weighted by Gasteiger charge is -2.20. The molecule has 0 fully saturated rings. The normalized spacial score (nSPS) is 22.0. The maximum atomic E-state index is 5.91. The van der Waals surface area contributed by atoms with Crippen LogP contribution < -0.4 is 5.73 Å². The van der Waals surface area contributed by atoms with Crippen LogP contribution in [0.3, 0.4) is 0 Å². The van der Waals surface area contributed by atoms with Crippen molar-refractivity contribution in [1.29, 1.82) is 0 Å². The summed E-state index contributed by atoms with van der Waals surface area (Å²) in [6.45, 7) is 0. The van der Waals surface area contributed by atoms with Crippen molar-refractivity contribution in [3.8, 4) is 0 Å². The van der Waals surface area contributed by atoms with E-state index in [1.54, 1.807) is 0 Å². The molecule has 2 rings (SSSR count). The molecule has 0 spiro atoms. The molecule has 3 heteroatoms. The highest BCUT2D eigenvalue weighted by Crippen LogP contribution is 2.27. The van der Waals surface area contributed by atoms with E-state index in [9.17, 15) is 0 Å². The van der Waals surface area contributed by atoms with Crippen LogP contribution in [0.15, 0.2) is 12.1 Å². The summed E-state index contributed by atoms with van der Waals surface area (Å²) in [5.41, 5.74) is 8.17. The summed E-state index contributed by atoms with van der Waals surface area (Å²) in [6.07, 6.45) is 3.21. The van der Waals surface area contributed by atoms with E-state index >= 15 is 0 Å². The van der Waals surface area contributed by atoms with Gasteiger partial charge in [0.15, 0.2) is 0 Å². The van der Waals surface area contributed by atoms with Crippen molar-refractivity contribution in [1.82, 2.24) is 4.98 Å². The van der Waals surface area contributed by atoms with Gasteiger partial charge in [-0.2, -0.15) is 0 Å². The van der Waals surface area contributed by atoms with Gasteiger partial charge < -0.3 is 5.73 Å². The number of aryl methyl sites for hydroxylation is 1. The van der Waals surface area contributed by atoms with Crippen molar-refractivity contribution in [2.45, 2.75) is 25.3 Å². The van der Waals surface area contributed by atoms with Gasteiger partial charge in [-0.15, -0.1) is 0 Å². The Kier molecular flexibility index (Phi) is 2.03. The smallest absolute Gasteiger partial charge is 0.129 e. The Balaban J connectivity index is 2.46. The molecule has 0 saturated heterocycles. The zero-order valence-corrected chi connectivity index (χ0v) is 7.51. The van der Waals surface area contributed by atoms with E-state index in [-0.39, 0.29) is 6.04 Å². The third-order valence-corrected chi connectivity index (χ3v) is 2.51. The molecule has 64 valence electrons. The van der Waals surface area contributed by atoms with E-state index in [2.05, 4.69) is 4.98 Å². The molecule has 0 saturated carbocycles. The molecule has 2 N–H and O–H groups in total.